The molecule has 0 N–H and O–H groups in total. The summed E-state index contributed by atoms with van der Waals surface area (Å²) in [5.74, 6) is 1.35. The molecule has 1 aliphatic heterocycles. The summed E-state index contributed by atoms with van der Waals surface area (Å²) in [5, 5.41) is 0. The van der Waals surface area contributed by atoms with Crippen LogP contribution in [0.5, 0.6) is 0 Å². The van der Waals surface area contributed by atoms with Crippen molar-refractivity contribution < 1.29 is 0 Å². The monoisotopic (exact) mass is 354 g/mol. The molecule has 0 spiro atoms. The highest BCUT2D eigenvalue weighted by molar-refractivity contribution is 7.09. The first-order chi connectivity index (χ1) is 12.2. The topological polar surface area (TPSA) is 59.7 Å². The molecular formula is C18H22N6S. The van der Waals surface area contributed by atoms with Crippen LogP contribution in [0, 0.1) is 6.92 Å². The Bertz CT molecular complexity index is 847. The molecule has 4 rings (SSSR count). The van der Waals surface area contributed by atoms with Crippen LogP contribution in [-0.4, -0.2) is 42.5 Å². The quantitative estimate of drug-likeness (QED) is 0.721. The second-order valence-electron chi connectivity index (χ2n) is 6.60. The standard InChI is InChI=1S/C18H22N6S/c1-13-17(25-12-21-13)11-24-6-3-14(4-7-24)15-9-19-10-16(22-15)18-20-5-8-23(18)2/h5,8-10,12,14H,3-4,6-7,11H2,1-2H3. The molecule has 0 aliphatic carbocycles. The van der Waals surface area contributed by atoms with E-state index >= 15 is 0 Å². The zero-order chi connectivity index (χ0) is 17.2. The third kappa shape index (κ3) is 3.48. The highest BCUT2D eigenvalue weighted by Crippen LogP contribution is 2.29. The minimum Gasteiger partial charge on any atom is -0.333 e. The molecule has 0 atom stereocenters. The van der Waals surface area contributed by atoms with E-state index < -0.39 is 0 Å². The fourth-order valence-corrected chi connectivity index (χ4v) is 4.18. The maximum atomic E-state index is 4.84. The van der Waals surface area contributed by atoms with Gasteiger partial charge in [-0.1, -0.05) is 0 Å². The number of likely N-dealkylation sites (tertiary alicyclic amines) is 1. The molecule has 3 aromatic rings. The van der Waals surface area contributed by atoms with Crippen molar-refractivity contribution in [2.75, 3.05) is 13.1 Å². The van der Waals surface area contributed by atoms with Crippen molar-refractivity contribution in [1.29, 1.82) is 0 Å². The SMILES string of the molecule is Cc1ncsc1CN1CCC(c2cncc(-c3nccn3C)n2)CC1. The van der Waals surface area contributed by atoms with Crippen LogP contribution in [0.4, 0.5) is 0 Å². The van der Waals surface area contributed by atoms with Crippen molar-refractivity contribution in [2.24, 2.45) is 7.05 Å². The average Bonchev–Trinajstić information content (AvgIpc) is 3.24. The Morgan fingerprint density at radius 3 is 2.72 bits per heavy atom. The highest BCUT2D eigenvalue weighted by Gasteiger charge is 2.23. The summed E-state index contributed by atoms with van der Waals surface area (Å²) in [6, 6.07) is 0. The fraction of sp³-hybridized carbons (Fsp3) is 0.444. The van der Waals surface area contributed by atoms with E-state index in [-0.39, 0.29) is 0 Å². The minimum atomic E-state index is 0.478. The summed E-state index contributed by atoms with van der Waals surface area (Å²) in [6.45, 7) is 5.30. The van der Waals surface area contributed by atoms with E-state index in [0.29, 0.717) is 5.92 Å². The number of nitrogens with zero attached hydrogens (tertiary/aromatic N) is 6. The number of hydrogen-bond acceptors (Lipinski definition) is 6. The third-order valence-corrected chi connectivity index (χ3v) is 5.84. The van der Waals surface area contributed by atoms with Gasteiger partial charge < -0.3 is 4.57 Å². The molecule has 0 unspecified atom stereocenters. The summed E-state index contributed by atoms with van der Waals surface area (Å²) >= 11 is 1.76. The zero-order valence-corrected chi connectivity index (χ0v) is 15.4. The first-order valence-corrected chi connectivity index (χ1v) is 9.49. The molecule has 1 saturated heterocycles. The number of piperidine rings is 1. The molecule has 0 saturated carbocycles. The second-order valence-corrected chi connectivity index (χ2v) is 7.54. The second kappa shape index (κ2) is 7.01. The van der Waals surface area contributed by atoms with Gasteiger partial charge in [0.25, 0.3) is 0 Å². The molecule has 6 nitrogen and oxygen atoms in total. The fourth-order valence-electron chi connectivity index (χ4n) is 3.37. The van der Waals surface area contributed by atoms with Crippen molar-refractivity contribution in [3.8, 4) is 11.5 Å². The van der Waals surface area contributed by atoms with E-state index in [1.807, 2.05) is 29.5 Å². The van der Waals surface area contributed by atoms with Crippen molar-refractivity contribution in [1.82, 2.24) is 29.4 Å². The first-order valence-electron chi connectivity index (χ1n) is 8.61. The maximum Gasteiger partial charge on any atom is 0.159 e. The van der Waals surface area contributed by atoms with Gasteiger partial charge in [-0.2, -0.15) is 0 Å². The van der Waals surface area contributed by atoms with Gasteiger partial charge in [-0.25, -0.2) is 15.0 Å². The van der Waals surface area contributed by atoms with Gasteiger partial charge in [-0.05, 0) is 32.9 Å². The zero-order valence-electron chi connectivity index (χ0n) is 14.6. The number of rotatable bonds is 4. The average molecular weight is 354 g/mol. The maximum absolute atomic E-state index is 4.84. The van der Waals surface area contributed by atoms with Crippen LogP contribution in [0.2, 0.25) is 0 Å². The van der Waals surface area contributed by atoms with Crippen LogP contribution in [0.15, 0.2) is 30.3 Å². The molecule has 3 aromatic heterocycles. The van der Waals surface area contributed by atoms with Gasteiger partial charge in [0.1, 0.15) is 5.69 Å². The predicted molar refractivity (Wildman–Crippen MR) is 98.3 cm³/mol. The van der Waals surface area contributed by atoms with E-state index in [4.69, 9.17) is 4.98 Å². The Labute approximate surface area is 151 Å². The molecule has 1 fully saturated rings. The number of hydrogen-bond donors (Lipinski definition) is 0. The number of thiazole rings is 1. The number of aryl methyl sites for hydroxylation is 2. The smallest absolute Gasteiger partial charge is 0.159 e. The van der Waals surface area contributed by atoms with E-state index in [2.05, 4.69) is 26.8 Å². The lowest BCUT2D eigenvalue weighted by atomic mass is 9.93. The summed E-state index contributed by atoms with van der Waals surface area (Å²) < 4.78 is 1.98. The summed E-state index contributed by atoms with van der Waals surface area (Å²) in [4.78, 5) is 21.9. The lowest BCUT2D eigenvalue weighted by Crippen LogP contribution is -2.32. The summed E-state index contributed by atoms with van der Waals surface area (Å²) in [6.07, 6.45) is 9.69. The Morgan fingerprint density at radius 2 is 2.04 bits per heavy atom. The Morgan fingerprint density at radius 1 is 1.20 bits per heavy atom. The van der Waals surface area contributed by atoms with Crippen molar-refractivity contribution in [3.05, 3.63) is 46.6 Å². The molecule has 0 amide bonds. The number of aromatic nitrogens is 5. The van der Waals surface area contributed by atoms with E-state index in [9.17, 15) is 0 Å². The number of imidazole rings is 1. The molecule has 25 heavy (non-hydrogen) atoms. The summed E-state index contributed by atoms with van der Waals surface area (Å²) in [7, 11) is 1.98. The van der Waals surface area contributed by atoms with Crippen LogP contribution in [0.25, 0.3) is 11.5 Å². The van der Waals surface area contributed by atoms with E-state index in [1.165, 1.54) is 10.6 Å². The lowest BCUT2D eigenvalue weighted by molar-refractivity contribution is 0.204. The Kier molecular flexibility index (Phi) is 4.59. The predicted octanol–water partition coefficient (Wildman–Crippen LogP) is 3.02. The molecule has 0 radical (unpaired) electrons. The van der Waals surface area contributed by atoms with Crippen molar-refractivity contribution in [3.63, 3.8) is 0 Å². The summed E-state index contributed by atoms with van der Waals surface area (Å²) in [5.41, 5.74) is 5.05. The molecule has 4 heterocycles. The lowest BCUT2D eigenvalue weighted by Gasteiger charge is -2.31. The van der Waals surface area contributed by atoms with Gasteiger partial charge >= 0.3 is 0 Å². The Hall–Kier alpha value is -2.12. The normalized spacial score (nSPS) is 16.4. The molecule has 130 valence electrons. The van der Waals surface area contributed by atoms with Gasteiger partial charge in [-0.3, -0.25) is 9.88 Å². The van der Waals surface area contributed by atoms with Crippen LogP contribution < -0.4 is 0 Å². The van der Waals surface area contributed by atoms with Crippen LogP contribution >= 0.6 is 11.3 Å². The largest absolute Gasteiger partial charge is 0.333 e. The third-order valence-electron chi connectivity index (χ3n) is 4.92. The Balaban J connectivity index is 1.43. The molecule has 7 heteroatoms. The van der Waals surface area contributed by atoms with Gasteiger partial charge in [0.05, 0.1) is 23.1 Å². The van der Waals surface area contributed by atoms with Gasteiger partial charge in [0.15, 0.2) is 5.82 Å². The highest BCUT2D eigenvalue weighted by atomic mass is 32.1. The minimum absolute atomic E-state index is 0.478. The van der Waals surface area contributed by atoms with Gasteiger partial charge in [-0.15, -0.1) is 11.3 Å². The van der Waals surface area contributed by atoms with Crippen LogP contribution in [0.1, 0.15) is 35.0 Å². The van der Waals surface area contributed by atoms with Gasteiger partial charge in [0, 0.05) is 43.0 Å². The van der Waals surface area contributed by atoms with Crippen LogP contribution in [-0.2, 0) is 13.6 Å². The van der Waals surface area contributed by atoms with E-state index in [1.54, 1.807) is 23.7 Å². The van der Waals surface area contributed by atoms with Crippen molar-refractivity contribution >= 4 is 11.3 Å². The molecule has 1 aliphatic rings. The van der Waals surface area contributed by atoms with Crippen LogP contribution in [0.3, 0.4) is 0 Å². The molecule has 0 bridgehead atoms. The molecular weight excluding hydrogens is 332 g/mol. The van der Waals surface area contributed by atoms with E-state index in [0.717, 1.165) is 49.7 Å². The first kappa shape index (κ1) is 16.4. The molecule has 0 aromatic carbocycles. The van der Waals surface area contributed by atoms with Gasteiger partial charge in [0.2, 0.25) is 0 Å². The van der Waals surface area contributed by atoms with Crippen molar-refractivity contribution in [2.45, 2.75) is 32.2 Å².